The zero-order valence-electron chi connectivity index (χ0n) is 13.6. The molecule has 0 aliphatic rings. The number of benzene rings is 2. The molecule has 0 saturated heterocycles. The Hall–Kier alpha value is -1.49. The molecule has 0 amide bonds. The van der Waals surface area contributed by atoms with Gasteiger partial charge in [0.25, 0.3) is 0 Å². The van der Waals surface area contributed by atoms with Crippen molar-refractivity contribution in [2.24, 2.45) is 0 Å². The minimum atomic E-state index is -3.89. The number of hydrogen-bond acceptors (Lipinski definition) is 3. The van der Waals surface area contributed by atoms with Crippen LogP contribution in [0, 0.1) is 21.0 Å². The number of sulfonamides is 1. The summed E-state index contributed by atoms with van der Waals surface area (Å²) in [5.74, 6) is -3.18. The van der Waals surface area contributed by atoms with E-state index in [4.69, 9.17) is 0 Å². The van der Waals surface area contributed by atoms with Crippen LogP contribution in [-0.4, -0.2) is 13.2 Å². The lowest BCUT2D eigenvalue weighted by molar-refractivity contribution is 0.512. The van der Waals surface area contributed by atoms with Crippen LogP contribution >= 0.6 is 22.6 Å². The highest BCUT2D eigenvalue weighted by Crippen LogP contribution is 2.33. The number of anilines is 3. The van der Waals surface area contributed by atoms with E-state index in [1.54, 1.807) is 6.07 Å². The second-order valence-corrected chi connectivity index (χ2v) is 9.93. The SMILES string of the molecule is CC(C)(C)S(=O)(=O)Nc1ccc(F)c(F)c1Nc1ccc(I)cc1F. The highest BCUT2D eigenvalue weighted by Gasteiger charge is 2.30. The average molecular weight is 484 g/mol. The van der Waals surface area contributed by atoms with E-state index in [0.29, 0.717) is 3.57 Å². The van der Waals surface area contributed by atoms with Crippen molar-refractivity contribution in [2.75, 3.05) is 10.0 Å². The number of nitrogens with one attached hydrogen (secondary N) is 2. The second kappa shape index (κ2) is 7.02. The molecule has 0 bridgehead atoms. The van der Waals surface area contributed by atoms with E-state index < -0.39 is 37.9 Å². The maximum Gasteiger partial charge on any atom is 0.237 e. The molecular formula is C16H16F3IN2O2S. The van der Waals surface area contributed by atoms with Crippen LogP contribution in [0.3, 0.4) is 0 Å². The van der Waals surface area contributed by atoms with Gasteiger partial charge in [0.1, 0.15) is 11.5 Å². The van der Waals surface area contributed by atoms with Gasteiger partial charge in [-0.25, -0.2) is 21.6 Å². The molecule has 0 aliphatic carbocycles. The summed E-state index contributed by atoms with van der Waals surface area (Å²) < 4.78 is 68.1. The summed E-state index contributed by atoms with van der Waals surface area (Å²) in [7, 11) is -3.89. The second-order valence-electron chi connectivity index (χ2n) is 6.25. The van der Waals surface area contributed by atoms with Gasteiger partial charge in [0.15, 0.2) is 11.6 Å². The zero-order chi connectivity index (χ0) is 19.0. The number of rotatable bonds is 4. The lowest BCUT2D eigenvalue weighted by Crippen LogP contribution is -2.34. The van der Waals surface area contributed by atoms with Crippen molar-refractivity contribution in [2.45, 2.75) is 25.5 Å². The molecule has 2 N–H and O–H groups in total. The Morgan fingerprint density at radius 2 is 1.56 bits per heavy atom. The molecule has 0 aliphatic heterocycles. The van der Waals surface area contributed by atoms with Crippen LogP contribution in [0.15, 0.2) is 30.3 Å². The van der Waals surface area contributed by atoms with E-state index in [1.165, 1.54) is 32.9 Å². The fraction of sp³-hybridized carbons (Fsp3) is 0.250. The van der Waals surface area contributed by atoms with E-state index in [1.807, 2.05) is 22.6 Å². The molecule has 0 aromatic heterocycles. The molecular weight excluding hydrogens is 468 g/mol. The maximum absolute atomic E-state index is 14.2. The fourth-order valence-electron chi connectivity index (χ4n) is 1.78. The molecule has 136 valence electrons. The predicted molar refractivity (Wildman–Crippen MR) is 101 cm³/mol. The van der Waals surface area contributed by atoms with E-state index >= 15 is 0 Å². The van der Waals surface area contributed by atoms with Crippen molar-refractivity contribution in [3.63, 3.8) is 0 Å². The van der Waals surface area contributed by atoms with Crippen LogP contribution in [0.5, 0.6) is 0 Å². The third-order valence-electron chi connectivity index (χ3n) is 3.34. The smallest absolute Gasteiger partial charge is 0.237 e. The first-order chi connectivity index (χ1) is 11.4. The Labute approximate surface area is 158 Å². The first kappa shape index (κ1) is 19.8. The molecule has 2 aromatic rings. The summed E-state index contributed by atoms with van der Waals surface area (Å²) in [6, 6.07) is 6.00. The Kier molecular flexibility index (Phi) is 5.57. The molecule has 0 atom stereocenters. The lowest BCUT2D eigenvalue weighted by atomic mass is 10.2. The normalized spacial score (nSPS) is 12.1. The van der Waals surface area contributed by atoms with Crippen molar-refractivity contribution in [1.82, 2.24) is 0 Å². The molecule has 2 aromatic carbocycles. The molecule has 0 heterocycles. The van der Waals surface area contributed by atoms with Crippen LogP contribution in [-0.2, 0) is 10.0 Å². The van der Waals surface area contributed by atoms with Gasteiger partial charge in [-0.3, -0.25) is 4.72 Å². The van der Waals surface area contributed by atoms with Gasteiger partial charge in [-0.05, 0) is 73.7 Å². The molecule has 0 fully saturated rings. The average Bonchev–Trinajstić information content (AvgIpc) is 2.47. The van der Waals surface area contributed by atoms with Crippen LogP contribution in [0.25, 0.3) is 0 Å². The van der Waals surface area contributed by atoms with Gasteiger partial charge in [-0.1, -0.05) is 0 Å². The molecule has 0 spiro atoms. The van der Waals surface area contributed by atoms with Gasteiger partial charge < -0.3 is 5.32 Å². The quantitative estimate of drug-likeness (QED) is 0.602. The van der Waals surface area contributed by atoms with E-state index in [-0.39, 0.29) is 11.4 Å². The molecule has 0 saturated carbocycles. The topological polar surface area (TPSA) is 58.2 Å². The summed E-state index contributed by atoms with van der Waals surface area (Å²) in [5, 5.41) is 2.43. The predicted octanol–water partition coefficient (Wildman–Crippen LogP) is 4.99. The minimum absolute atomic E-state index is 0.110. The zero-order valence-corrected chi connectivity index (χ0v) is 16.6. The van der Waals surface area contributed by atoms with Gasteiger partial charge in [0, 0.05) is 3.57 Å². The summed E-state index contributed by atoms with van der Waals surface area (Å²) in [6.07, 6.45) is 0. The van der Waals surface area contributed by atoms with Crippen molar-refractivity contribution in [3.05, 3.63) is 51.4 Å². The molecule has 25 heavy (non-hydrogen) atoms. The van der Waals surface area contributed by atoms with Crippen LogP contribution < -0.4 is 10.0 Å². The standard InChI is InChI=1S/C16H16F3IN2O2S/c1-16(2,3)25(23,24)22-13-7-5-10(17)14(19)15(13)21-12-6-4-9(20)8-11(12)18/h4-8,21-22H,1-3H3. The van der Waals surface area contributed by atoms with E-state index in [9.17, 15) is 21.6 Å². The summed E-state index contributed by atoms with van der Waals surface area (Å²) >= 11 is 1.90. The van der Waals surface area contributed by atoms with Crippen LogP contribution in [0.2, 0.25) is 0 Å². The van der Waals surface area contributed by atoms with Crippen LogP contribution in [0.4, 0.5) is 30.2 Å². The summed E-state index contributed by atoms with van der Waals surface area (Å²) in [6.45, 7) is 4.38. The molecule has 4 nitrogen and oxygen atoms in total. The van der Waals surface area contributed by atoms with Gasteiger partial charge in [-0.2, -0.15) is 0 Å². The number of hydrogen-bond donors (Lipinski definition) is 2. The first-order valence-corrected chi connectivity index (χ1v) is 9.71. The third-order valence-corrected chi connectivity index (χ3v) is 6.11. The summed E-state index contributed by atoms with van der Waals surface area (Å²) in [4.78, 5) is 0. The van der Waals surface area contributed by atoms with Crippen molar-refractivity contribution in [1.29, 1.82) is 0 Å². The molecule has 9 heteroatoms. The molecule has 0 unspecified atom stereocenters. The Morgan fingerprint density at radius 1 is 0.960 bits per heavy atom. The first-order valence-electron chi connectivity index (χ1n) is 7.15. The van der Waals surface area contributed by atoms with Gasteiger partial charge in [0.05, 0.1) is 16.1 Å². The maximum atomic E-state index is 14.2. The molecule has 0 radical (unpaired) electrons. The fourth-order valence-corrected chi connectivity index (χ4v) is 3.00. The monoisotopic (exact) mass is 484 g/mol. The third kappa shape index (κ3) is 4.38. The Bertz CT molecular complexity index is 912. The lowest BCUT2D eigenvalue weighted by Gasteiger charge is -2.22. The van der Waals surface area contributed by atoms with Crippen LogP contribution in [0.1, 0.15) is 20.8 Å². The Morgan fingerprint density at radius 3 is 2.12 bits per heavy atom. The van der Waals surface area contributed by atoms with Crippen molar-refractivity contribution < 1.29 is 21.6 Å². The van der Waals surface area contributed by atoms with E-state index in [0.717, 1.165) is 12.1 Å². The minimum Gasteiger partial charge on any atom is -0.349 e. The van der Waals surface area contributed by atoms with E-state index in [2.05, 4.69) is 10.0 Å². The molecule has 2 rings (SSSR count). The van der Waals surface area contributed by atoms with Crippen molar-refractivity contribution >= 4 is 49.7 Å². The van der Waals surface area contributed by atoms with Gasteiger partial charge in [-0.15, -0.1) is 0 Å². The highest BCUT2D eigenvalue weighted by molar-refractivity contribution is 14.1. The van der Waals surface area contributed by atoms with Crippen molar-refractivity contribution in [3.8, 4) is 0 Å². The Balaban J connectivity index is 2.51. The summed E-state index contributed by atoms with van der Waals surface area (Å²) in [5.41, 5.74) is -0.819. The highest BCUT2D eigenvalue weighted by atomic mass is 127. The van der Waals surface area contributed by atoms with Gasteiger partial charge >= 0.3 is 0 Å². The van der Waals surface area contributed by atoms with Gasteiger partial charge in [0.2, 0.25) is 10.0 Å². The number of halogens is 4. The largest absolute Gasteiger partial charge is 0.349 e.